The Hall–Kier alpha value is -0.540. The minimum atomic E-state index is 0.187. The first-order valence-electron chi connectivity index (χ1n) is 7.43. The Labute approximate surface area is 132 Å². The molecule has 1 aromatic carbocycles. The van der Waals surface area contributed by atoms with Crippen LogP contribution in [0.5, 0.6) is 5.75 Å². The maximum atomic E-state index is 5.29. The van der Waals surface area contributed by atoms with E-state index in [1.165, 1.54) is 18.4 Å². The summed E-state index contributed by atoms with van der Waals surface area (Å²) in [5.74, 6) is 1.58. The summed E-state index contributed by atoms with van der Waals surface area (Å²) in [6, 6.07) is 6.39. The molecule has 1 unspecified atom stereocenters. The van der Waals surface area contributed by atoms with Gasteiger partial charge in [0.1, 0.15) is 5.75 Å². The number of hydrogen-bond donors (Lipinski definition) is 1. The van der Waals surface area contributed by atoms with Gasteiger partial charge in [0.2, 0.25) is 0 Å². The van der Waals surface area contributed by atoms with Crippen LogP contribution in [0.3, 0.4) is 0 Å². The number of ether oxygens (including phenoxy) is 1. The van der Waals surface area contributed by atoms with Crippen LogP contribution in [0.4, 0.5) is 0 Å². The molecular weight excluding hydrogens is 314 g/mol. The SMILES string of the molecule is CCCC(CNC(C)(C)C)Cc1ccc(OC)c(Br)c1. The van der Waals surface area contributed by atoms with Gasteiger partial charge in [-0.1, -0.05) is 19.4 Å². The van der Waals surface area contributed by atoms with Crippen LogP contribution in [0.15, 0.2) is 22.7 Å². The van der Waals surface area contributed by atoms with Crippen LogP contribution in [-0.4, -0.2) is 19.2 Å². The first-order valence-corrected chi connectivity index (χ1v) is 8.22. The van der Waals surface area contributed by atoms with Crippen molar-refractivity contribution in [2.45, 2.75) is 52.5 Å². The summed E-state index contributed by atoms with van der Waals surface area (Å²) in [4.78, 5) is 0. The highest BCUT2D eigenvalue weighted by molar-refractivity contribution is 9.10. The lowest BCUT2D eigenvalue weighted by atomic mass is 9.94. The van der Waals surface area contributed by atoms with Crippen molar-refractivity contribution in [2.24, 2.45) is 5.92 Å². The summed E-state index contributed by atoms with van der Waals surface area (Å²) in [6.45, 7) is 9.99. The van der Waals surface area contributed by atoms with Crippen molar-refractivity contribution in [3.63, 3.8) is 0 Å². The molecule has 0 fully saturated rings. The fourth-order valence-electron chi connectivity index (χ4n) is 2.31. The highest BCUT2D eigenvalue weighted by atomic mass is 79.9. The molecule has 0 aliphatic rings. The summed E-state index contributed by atoms with van der Waals surface area (Å²) >= 11 is 3.57. The Morgan fingerprint density at radius 3 is 2.50 bits per heavy atom. The zero-order valence-electron chi connectivity index (χ0n) is 13.4. The van der Waals surface area contributed by atoms with E-state index < -0.39 is 0 Å². The van der Waals surface area contributed by atoms with Gasteiger partial charge in [-0.2, -0.15) is 0 Å². The summed E-state index contributed by atoms with van der Waals surface area (Å²) in [7, 11) is 1.70. The number of benzene rings is 1. The molecule has 1 atom stereocenters. The van der Waals surface area contributed by atoms with Gasteiger partial charge in [0.05, 0.1) is 11.6 Å². The molecule has 0 heterocycles. The Morgan fingerprint density at radius 1 is 1.30 bits per heavy atom. The molecule has 0 aromatic heterocycles. The molecule has 0 bridgehead atoms. The normalized spacial score (nSPS) is 13.3. The summed E-state index contributed by atoms with van der Waals surface area (Å²) in [6.07, 6.45) is 3.60. The molecule has 0 radical (unpaired) electrons. The van der Waals surface area contributed by atoms with Crippen LogP contribution in [0, 0.1) is 5.92 Å². The van der Waals surface area contributed by atoms with Gasteiger partial charge < -0.3 is 10.1 Å². The molecule has 1 aromatic rings. The van der Waals surface area contributed by atoms with E-state index in [0.29, 0.717) is 5.92 Å². The molecule has 0 saturated heterocycles. The molecule has 3 heteroatoms. The van der Waals surface area contributed by atoms with E-state index in [1.807, 2.05) is 6.07 Å². The van der Waals surface area contributed by atoms with Gasteiger partial charge in [-0.25, -0.2) is 0 Å². The van der Waals surface area contributed by atoms with Crippen LogP contribution in [0.1, 0.15) is 46.1 Å². The van der Waals surface area contributed by atoms with Crippen LogP contribution in [0.2, 0.25) is 0 Å². The van der Waals surface area contributed by atoms with Crippen LogP contribution < -0.4 is 10.1 Å². The van der Waals surface area contributed by atoms with E-state index in [9.17, 15) is 0 Å². The van der Waals surface area contributed by atoms with Crippen LogP contribution in [0.25, 0.3) is 0 Å². The molecule has 0 amide bonds. The lowest BCUT2D eigenvalue weighted by Crippen LogP contribution is -2.39. The molecule has 0 saturated carbocycles. The predicted octanol–water partition coefficient (Wildman–Crippen LogP) is 4.80. The maximum Gasteiger partial charge on any atom is 0.133 e. The number of nitrogens with one attached hydrogen (secondary N) is 1. The van der Waals surface area contributed by atoms with Crippen molar-refractivity contribution in [1.82, 2.24) is 5.32 Å². The summed E-state index contributed by atoms with van der Waals surface area (Å²) in [5.41, 5.74) is 1.55. The molecule has 0 aliphatic carbocycles. The second kappa shape index (κ2) is 8.04. The van der Waals surface area contributed by atoms with Gasteiger partial charge in [0, 0.05) is 5.54 Å². The van der Waals surface area contributed by atoms with E-state index in [4.69, 9.17) is 4.74 Å². The largest absolute Gasteiger partial charge is 0.496 e. The molecule has 20 heavy (non-hydrogen) atoms. The topological polar surface area (TPSA) is 21.3 Å². The molecule has 1 N–H and O–H groups in total. The first-order chi connectivity index (χ1) is 9.35. The van der Waals surface area contributed by atoms with Crippen molar-refractivity contribution in [1.29, 1.82) is 0 Å². The number of hydrogen-bond acceptors (Lipinski definition) is 2. The number of rotatable bonds is 7. The van der Waals surface area contributed by atoms with Crippen molar-refractivity contribution in [3.8, 4) is 5.75 Å². The molecule has 0 spiro atoms. The monoisotopic (exact) mass is 341 g/mol. The van der Waals surface area contributed by atoms with E-state index in [1.54, 1.807) is 7.11 Å². The van der Waals surface area contributed by atoms with Crippen molar-refractivity contribution in [3.05, 3.63) is 28.2 Å². The smallest absolute Gasteiger partial charge is 0.133 e. The fourth-order valence-corrected chi connectivity index (χ4v) is 2.89. The first kappa shape index (κ1) is 17.5. The zero-order chi connectivity index (χ0) is 15.2. The Morgan fingerprint density at radius 2 is 2.00 bits per heavy atom. The van der Waals surface area contributed by atoms with Gasteiger partial charge in [-0.3, -0.25) is 0 Å². The second-order valence-corrected chi connectivity index (χ2v) is 7.31. The fraction of sp³-hybridized carbons (Fsp3) is 0.647. The van der Waals surface area contributed by atoms with Gasteiger partial charge in [-0.15, -0.1) is 0 Å². The Balaban J connectivity index is 2.67. The predicted molar refractivity (Wildman–Crippen MR) is 90.6 cm³/mol. The summed E-state index contributed by atoms with van der Waals surface area (Å²) in [5, 5.41) is 3.63. The van der Waals surface area contributed by atoms with Crippen molar-refractivity contribution < 1.29 is 4.74 Å². The molecule has 1 rings (SSSR count). The van der Waals surface area contributed by atoms with E-state index in [0.717, 1.165) is 23.2 Å². The lowest BCUT2D eigenvalue weighted by Gasteiger charge is -2.25. The minimum absolute atomic E-state index is 0.187. The average Bonchev–Trinajstić information content (AvgIpc) is 2.35. The number of methoxy groups -OCH3 is 1. The van der Waals surface area contributed by atoms with Crippen molar-refractivity contribution in [2.75, 3.05) is 13.7 Å². The average molecular weight is 342 g/mol. The van der Waals surface area contributed by atoms with E-state index in [-0.39, 0.29) is 5.54 Å². The Bertz CT molecular complexity index is 412. The van der Waals surface area contributed by atoms with Gasteiger partial charge in [-0.05, 0) is 79.7 Å². The Kier molecular flexibility index (Phi) is 7.04. The molecular formula is C17H28BrNO. The van der Waals surface area contributed by atoms with Crippen LogP contribution >= 0.6 is 15.9 Å². The lowest BCUT2D eigenvalue weighted by molar-refractivity contribution is 0.354. The minimum Gasteiger partial charge on any atom is -0.496 e. The maximum absolute atomic E-state index is 5.29. The van der Waals surface area contributed by atoms with E-state index >= 15 is 0 Å². The second-order valence-electron chi connectivity index (χ2n) is 6.46. The standard InChI is InChI=1S/C17H28BrNO/c1-6-7-14(12-19-17(2,3)4)10-13-8-9-16(20-5)15(18)11-13/h8-9,11,14,19H,6-7,10,12H2,1-5H3. The third-order valence-corrected chi connectivity index (χ3v) is 3.98. The van der Waals surface area contributed by atoms with Gasteiger partial charge in [0.15, 0.2) is 0 Å². The van der Waals surface area contributed by atoms with Gasteiger partial charge >= 0.3 is 0 Å². The zero-order valence-corrected chi connectivity index (χ0v) is 15.0. The molecule has 0 aliphatic heterocycles. The molecule has 2 nitrogen and oxygen atoms in total. The third kappa shape index (κ3) is 6.27. The molecule has 114 valence electrons. The van der Waals surface area contributed by atoms with E-state index in [2.05, 4.69) is 61.1 Å². The third-order valence-electron chi connectivity index (χ3n) is 3.36. The summed E-state index contributed by atoms with van der Waals surface area (Å²) < 4.78 is 6.32. The van der Waals surface area contributed by atoms with Crippen LogP contribution in [-0.2, 0) is 6.42 Å². The van der Waals surface area contributed by atoms with Crippen molar-refractivity contribution >= 4 is 15.9 Å². The van der Waals surface area contributed by atoms with Gasteiger partial charge in [0.25, 0.3) is 0 Å². The quantitative estimate of drug-likeness (QED) is 0.768. The highest BCUT2D eigenvalue weighted by Crippen LogP contribution is 2.27. The highest BCUT2D eigenvalue weighted by Gasteiger charge is 2.15. The number of halogens is 1.